The Morgan fingerprint density at radius 1 is 1.60 bits per heavy atom. The zero-order chi connectivity index (χ0) is 10.7. The molecule has 0 saturated heterocycles. The highest BCUT2D eigenvalue weighted by molar-refractivity contribution is 5.04. The summed E-state index contributed by atoms with van der Waals surface area (Å²) in [7, 11) is 0. The summed E-state index contributed by atoms with van der Waals surface area (Å²) in [5, 5.41) is 0. The molecular formula is C13H21NO. The summed E-state index contributed by atoms with van der Waals surface area (Å²) in [5.74, 6) is 1.97. The third-order valence-electron chi connectivity index (χ3n) is 3.94. The van der Waals surface area contributed by atoms with E-state index in [0.717, 1.165) is 24.6 Å². The lowest BCUT2D eigenvalue weighted by Gasteiger charge is -2.26. The van der Waals surface area contributed by atoms with Crippen LogP contribution in [0.25, 0.3) is 0 Å². The molecule has 2 atom stereocenters. The summed E-state index contributed by atoms with van der Waals surface area (Å²) < 4.78 is 5.44. The minimum atomic E-state index is 0.318. The van der Waals surface area contributed by atoms with Gasteiger partial charge in [0.2, 0.25) is 0 Å². The van der Waals surface area contributed by atoms with E-state index in [1.54, 1.807) is 6.26 Å². The fraction of sp³-hybridized carbons (Fsp3) is 0.692. The summed E-state index contributed by atoms with van der Waals surface area (Å²) >= 11 is 0. The molecule has 0 amide bonds. The van der Waals surface area contributed by atoms with E-state index in [1.807, 2.05) is 6.07 Å². The Labute approximate surface area is 91.8 Å². The van der Waals surface area contributed by atoms with Gasteiger partial charge in [0.15, 0.2) is 0 Å². The maximum absolute atomic E-state index is 5.96. The zero-order valence-electron chi connectivity index (χ0n) is 9.54. The van der Waals surface area contributed by atoms with E-state index in [4.69, 9.17) is 10.2 Å². The van der Waals surface area contributed by atoms with Gasteiger partial charge in [0.25, 0.3) is 0 Å². The highest BCUT2D eigenvalue weighted by Crippen LogP contribution is 2.44. The fourth-order valence-corrected chi connectivity index (χ4v) is 2.88. The van der Waals surface area contributed by atoms with Crippen LogP contribution in [0.4, 0.5) is 0 Å². The molecule has 1 saturated carbocycles. The SMILES string of the molecule is CCC1CCC(CN)(Cc2ccco2)C1. The van der Waals surface area contributed by atoms with Crippen molar-refractivity contribution in [3.05, 3.63) is 24.2 Å². The zero-order valence-corrected chi connectivity index (χ0v) is 9.54. The number of hydrogen-bond donors (Lipinski definition) is 1. The summed E-state index contributed by atoms with van der Waals surface area (Å²) in [5.41, 5.74) is 6.28. The molecule has 1 aliphatic rings. The Kier molecular flexibility index (Phi) is 3.15. The molecule has 2 unspecified atom stereocenters. The van der Waals surface area contributed by atoms with Crippen molar-refractivity contribution in [2.45, 2.75) is 39.0 Å². The summed E-state index contributed by atoms with van der Waals surface area (Å²) in [6.45, 7) is 3.08. The van der Waals surface area contributed by atoms with Crippen molar-refractivity contribution < 1.29 is 4.42 Å². The van der Waals surface area contributed by atoms with Crippen LogP contribution in [-0.2, 0) is 6.42 Å². The minimum absolute atomic E-state index is 0.318. The van der Waals surface area contributed by atoms with Crippen LogP contribution < -0.4 is 5.73 Å². The summed E-state index contributed by atoms with van der Waals surface area (Å²) in [4.78, 5) is 0. The van der Waals surface area contributed by atoms with Crippen molar-refractivity contribution in [1.29, 1.82) is 0 Å². The molecule has 15 heavy (non-hydrogen) atoms. The van der Waals surface area contributed by atoms with Crippen LogP contribution in [-0.4, -0.2) is 6.54 Å². The van der Waals surface area contributed by atoms with Crippen LogP contribution in [0, 0.1) is 11.3 Å². The molecule has 2 heteroatoms. The Balaban J connectivity index is 2.03. The van der Waals surface area contributed by atoms with Crippen molar-refractivity contribution in [2.75, 3.05) is 6.54 Å². The van der Waals surface area contributed by atoms with Crippen molar-refractivity contribution >= 4 is 0 Å². The number of nitrogens with two attached hydrogens (primary N) is 1. The predicted molar refractivity (Wildman–Crippen MR) is 61.5 cm³/mol. The van der Waals surface area contributed by atoms with Crippen molar-refractivity contribution in [3.63, 3.8) is 0 Å². The van der Waals surface area contributed by atoms with E-state index in [9.17, 15) is 0 Å². The molecule has 0 spiro atoms. The van der Waals surface area contributed by atoms with Gasteiger partial charge < -0.3 is 10.2 Å². The normalized spacial score (nSPS) is 30.9. The predicted octanol–water partition coefficient (Wildman–Crippen LogP) is 2.98. The van der Waals surface area contributed by atoms with Gasteiger partial charge in [0.1, 0.15) is 5.76 Å². The highest BCUT2D eigenvalue weighted by atomic mass is 16.3. The van der Waals surface area contributed by atoms with E-state index in [0.29, 0.717) is 5.41 Å². The van der Waals surface area contributed by atoms with Gasteiger partial charge >= 0.3 is 0 Å². The molecule has 1 aromatic heterocycles. The van der Waals surface area contributed by atoms with Crippen LogP contribution >= 0.6 is 0 Å². The van der Waals surface area contributed by atoms with Gasteiger partial charge in [-0.1, -0.05) is 13.3 Å². The second-order valence-corrected chi connectivity index (χ2v) is 4.98. The monoisotopic (exact) mass is 207 g/mol. The molecule has 0 radical (unpaired) electrons. The third kappa shape index (κ3) is 2.25. The standard InChI is InChI=1S/C13H21NO/c1-2-11-5-6-13(8-11,10-14)9-12-4-3-7-15-12/h3-4,7,11H,2,5-6,8-10,14H2,1H3. The van der Waals surface area contributed by atoms with Crippen LogP contribution in [0.15, 0.2) is 22.8 Å². The molecule has 0 bridgehead atoms. The average molecular weight is 207 g/mol. The van der Waals surface area contributed by atoms with Crippen molar-refractivity contribution in [2.24, 2.45) is 17.1 Å². The van der Waals surface area contributed by atoms with Crippen molar-refractivity contribution in [1.82, 2.24) is 0 Å². The Bertz CT molecular complexity index is 293. The fourth-order valence-electron chi connectivity index (χ4n) is 2.88. The second kappa shape index (κ2) is 4.40. The molecule has 0 aromatic carbocycles. The van der Waals surface area contributed by atoms with Gasteiger partial charge in [-0.25, -0.2) is 0 Å². The first-order chi connectivity index (χ1) is 7.28. The molecule has 1 aromatic rings. The summed E-state index contributed by atoms with van der Waals surface area (Å²) in [6, 6.07) is 4.03. The number of rotatable bonds is 4. The molecule has 2 nitrogen and oxygen atoms in total. The molecule has 2 rings (SSSR count). The third-order valence-corrected chi connectivity index (χ3v) is 3.94. The highest BCUT2D eigenvalue weighted by Gasteiger charge is 2.37. The van der Waals surface area contributed by atoms with E-state index >= 15 is 0 Å². The first kappa shape index (κ1) is 10.7. The Morgan fingerprint density at radius 2 is 2.47 bits per heavy atom. The lowest BCUT2D eigenvalue weighted by molar-refractivity contribution is 0.269. The van der Waals surface area contributed by atoms with Gasteiger partial charge in [-0.05, 0) is 49.3 Å². The maximum atomic E-state index is 5.96. The van der Waals surface area contributed by atoms with Crippen molar-refractivity contribution in [3.8, 4) is 0 Å². The number of furan rings is 1. The summed E-state index contributed by atoms with van der Waals surface area (Å²) in [6.07, 6.45) is 7.95. The van der Waals surface area contributed by atoms with Crippen LogP contribution in [0.1, 0.15) is 38.4 Å². The van der Waals surface area contributed by atoms with E-state index in [-0.39, 0.29) is 0 Å². The number of hydrogen-bond acceptors (Lipinski definition) is 2. The smallest absolute Gasteiger partial charge is 0.104 e. The topological polar surface area (TPSA) is 39.2 Å². The molecule has 84 valence electrons. The van der Waals surface area contributed by atoms with Gasteiger partial charge in [-0.3, -0.25) is 0 Å². The Hall–Kier alpha value is -0.760. The second-order valence-electron chi connectivity index (χ2n) is 4.98. The minimum Gasteiger partial charge on any atom is -0.469 e. The molecule has 0 aliphatic heterocycles. The van der Waals surface area contributed by atoms with Gasteiger partial charge in [0.05, 0.1) is 6.26 Å². The molecule has 1 aliphatic carbocycles. The first-order valence-electron chi connectivity index (χ1n) is 6.00. The molecular weight excluding hydrogens is 186 g/mol. The molecule has 2 N–H and O–H groups in total. The van der Waals surface area contributed by atoms with E-state index in [1.165, 1.54) is 25.7 Å². The van der Waals surface area contributed by atoms with E-state index in [2.05, 4.69) is 13.0 Å². The van der Waals surface area contributed by atoms with Crippen LogP contribution in [0.2, 0.25) is 0 Å². The first-order valence-corrected chi connectivity index (χ1v) is 6.00. The molecule has 1 fully saturated rings. The van der Waals surface area contributed by atoms with Gasteiger partial charge in [-0.15, -0.1) is 0 Å². The Morgan fingerprint density at radius 3 is 3.00 bits per heavy atom. The quantitative estimate of drug-likeness (QED) is 0.824. The molecule has 1 heterocycles. The average Bonchev–Trinajstić information content (AvgIpc) is 2.88. The van der Waals surface area contributed by atoms with E-state index < -0.39 is 0 Å². The lowest BCUT2D eigenvalue weighted by Crippen LogP contribution is -2.30. The largest absolute Gasteiger partial charge is 0.469 e. The maximum Gasteiger partial charge on any atom is 0.104 e. The van der Waals surface area contributed by atoms with Crippen LogP contribution in [0.5, 0.6) is 0 Å². The van der Waals surface area contributed by atoms with Gasteiger partial charge in [0, 0.05) is 6.42 Å². The van der Waals surface area contributed by atoms with Gasteiger partial charge in [-0.2, -0.15) is 0 Å². The lowest BCUT2D eigenvalue weighted by atomic mass is 9.81. The van der Waals surface area contributed by atoms with Crippen LogP contribution in [0.3, 0.4) is 0 Å².